The maximum absolute atomic E-state index is 13.4. The molecule has 0 saturated heterocycles. The third-order valence-electron chi connectivity index (χ3n) is 2.93. The lowest BCUT2D eigenvalue weighted by molar-refractivity contribution is 0.199. The van der Waals surface area contributed by atoms with E-state index >= 15 is 0 Å². The summed E-state index contributed by atoms with van der Waals surface area (Å²) in [4.78, 5) is 4.18. The number of nitrogens with zero attached hydrogens (tertiary/aromatic N) is 1. The monoisotopic (exact) mass is 290 g/mol. The number of halogens is 1. The van der Waals surface area contributed by atoms with Gasteiger partial charge < -0.3 is 14.8 Å². The second-order valence-corrected chi connectivity index (χ2v) is 4.66. The van der Waals surface area contributed by atoms with Gasteiger partial charge in [0.1, 0.15) is 17.3 Å². The fourth-order valence-corrected chi connectivity index (χ4v) is 1.82. The summed E-state index contributed by atoms with van der Waals surface area (Å²) in [6, 6.07) is 8.19. The van der Waals surface area contributed by atoms with Crippen molar-refractivity contribution in [1.82, 2.24) is 10.3 Å². The molecule has 2 rings (SSSR count). The first-order valence-electron chi connectivity index (χ1n) is 6.77. The molecule has 2 aromatic rings. The number of aryl methyl sites for hydroxylation is 1. The smallest absolute Gasteiger partial charge is 0.145 e. The fraction of sp³-hybridized carbons (Fsp3) is 0.312. The third kappa shape index (κ3) is 4.81. The minimum atomic E-state index is -0.284. The molecule has 1 aromatic heterocycles. The van der Waals surface area contributed by atoms with E-state index in [0.29, 0.717) is 31.2 Å². The Morgan fingerprint density at radius 1 is 1.24 bits per heavy atom. The molecule has 0 aliphatic rings. The van der Waals surface area contributed by atoms with E-state index in [-0.39, 0.29) is 5.82 Å². The summed E-state index contributed by atoms with van der Waals surface area (Å²) in [7, 11) is 1.64. The highest BCUT2D eigenvalue weighted by Crippen LogP contribution is 2.25. The van der Waals surface area contributed by atoms with Gasteiger partial charge >= 0.3 is 0 Å². The predicted molar refractivity (Wildman–Crippen MR) is 79.0 cm³/mol. The van der Waals surface area contributed by atoms with Crippen LogP contribution in [-0.4, -0.2) is 25.2 Å². The molecule has 0 atom stereocenters. The molecule has 0 bridgehead atoms. The van der Waals surface area contributed by atoms with Gasteiger partial charge in [-0.25, -0.2) is 4.39 Å². The van der Waals surface area contributed by atoms with Gasteiger partial charge in [0.2, 0.25) is 0 Å². The Bertz CT molecular complexity index is 573. The summed E-state index contributed by atoms with van der Waals surface area (Å²) in [5.41, 5.74) is 1.68. The summed E-state index contributed by atoms with van der Waals surface area (Å²) in [5, 5.41) is 3.18. The topological polar surface area (TPSA) is 43.4 Å². The molecule has 0 saturated carbocycles. The van der Waals surface area contributed by atoms with Gasteiger partial charge in [0, 0.05) is 31.5 Å². The van der Waals surface area contributed by atoms with Crippen molar-refractivity contribution in [2.45, 2.75) is 13.5 Å². The normalized spacial score (nSPS) is 10.6. The van der Waals surface area contributed by atoms with Crippen LogP contribution in [0.3, 0.4) is 0 Å². The molecule has 1 heterocycles. The van der Waals surface area contributed by atoms with E-state index in [2.05, 4.69) is 10.3 Å². The average Bonchev–Trinajstić information content (AvgIpc) is 2.48. The number of nitrogens with one attached hydrogen (secondary N) is 1. The maximum atomic E-state index is 13.4. The van der Waals surface area contributed by atoms with Gasteiger partial charge in [-0.3, -0.25) is 4.98 Å². The SMILES string of the molecule is COCCNCc1cc(F)ccc1Oc1ccc(C)nc1. The second kappa shape index (κ2) is 7.71. The van der Waals surface area contributed by atoms with Crippen LogP contribution in [0, 0.1) is 12.7 Å². The van der Waals surface area contributed by atoms with Crippen molar-refractivity contribution in [3.05, 3.63) is 53.6 Å². The van der Waals surface area contributed by atoms with E-state index in [9.17, 15) is 4.39 Å². The molecule has 1 aromatic carbocycles. The number of hydrogen-bond acceptors (Lipinski definition) is 4. The number of aromatic nitrogens is 1. The highest BCUT2D eigenvalue weighted by molar-refractivity contribution is 5.37. The third-order valence-corrected chi connectivity index (χ3v) is 2.93. The molecule has 1 N–H and O–H groups in total. The van der Waals surface area contributed by atoms with Crippen LogP contribution in [0.2, 0.25) is 0 Å². The van der Waals surface area contributed by atoms with Gasteiger partial charge in [-0.1, -0.05) is 0 Å². The van der Waals surface area contributed by atoms with Gasteiger partial charge in [0.05, 0.1) is 12.8 Å². The minimum Gasteiger partial charge on any atom is -0.455 e. The molecular weight excluding hydrogens is 271 g/mol. The molecule has 21 heavy (non-hydrogen) atoms. The number of hydrogen-bond donors (Lipinski definition) is 1. The summed E-state index contributed by atoms with van der Waals surface area (Å²) in [6.07, 6.45) is 1.65. The van der Waals surface area contributed by atoms with Crippen molar-refractivity contribution in [3.63, 3.8) is 0 Å². The zero-order valence-corrected chi connectivity index (χ0v) is 12.2. The lowest BCUT2D eigenvalue weighted by Gasteiger charge is -2.12. The number of benzene rings is 1. The Morgan fingerprint density at radius 3 is 2.81 bits per heavy atom. The van der Waals surface area contributed by atoms with Crippen LogP contribution in [0.15, 0.2) is 36.5 Å². The largest absolute Gasteiger partial charge is 0.455 e. The van der Waals surface area contributed by atoms with E-state index in [1.54, 1.807) is 19.4 Å². The highest BCUT2D eigenvalue weighted by Gasteiger charge is 2.07. The molecule has 0 radical (unpaired) electrons. The Morgan fingerprint density at radius 2 is 2.10 bits per heavy atom. The molecule has 0 aliphatic heterocycles. The molecule has 0 amide bonds. The summed E-state index contributed by atoms with van der Waals surface area (Å²) < 4.78 is 24.1. The van der Waals surface area contributed by atoms with Crippen molar-refractivity contribution in [1.29, 1.82) is 0 Å². The molecule has 5 heteroatoms. The molecule has 0 unspecified atom stereocenters. The van der Waals surface area contributed by atoms with Crippen molar-refractivity contribution >= 4 is 0 Å². The van der Waals surface area contributed by atoms with Crippen molar-refractivity contribution in [2.75, 3.05) is 20.3 Å². The summed E-state index contributed by atoms with van der Waals surface area (Å²) in [5.74, 6) is 0.963. The molecule has 112 valence electrons. The first kappa shape index (κ1) is 15.4. The van der Waals surface area contributed by atoms with Crippen LogP contribution < -0.4 is 10.1 Å². The van der Waals surface area contributed by atoms with E-state index in [4.69, 9.17) is 9.47 Å². The average molecular weight is 290 g/mol. The first-order valence-corrected chi connectivity index (χ1v) is 6.77. The predicted octanol–water partition coefficient (Wildman–Crippen LogP) is 3.06. The number of rotatable bonds is 7. The van der Waals surface area contributed by atoms with Gasteiger partial charge in [0.15, 0.2) is 0 Å². The van der Waals surface area contributed by atoms with Crippen molar-refractivity contribution in [2.24, 2.45) is 0 Å². The van der Waals surface area contributed by atoms with E-state index in [1.807, 2.05) is 19.1 Å². The molecular formula is C16H19FN2O2. The fourth-order valence-electron chi connectivity index (χ4n) is 1.82. The van der Waals surface area contributed by atoms with Crippen LogP contribution in [-0.2, 0) is 11.3 Å². The van der Waals surface area contributed by atoms with Gasteiger partial charge in [0.25, 0.3) is 0 Å². The zero-order valence-electron chi connectivity index (χ0n) is 12.2. The van der Waals surface area contributed by atoms with E-state index in [0.717, 1.165) is 11.3 Å². The van der Waals surface area contributed by atoms with Gasteiger partial charge in [-0.2, -0.15) is 0 Å². The Kier molecular flexibility index (Phi) is 5.66. The summed E-state index contributed by atoms with van der Waals surface area (Å²) >= 11 is 0. The van der Waals surface area contributed by atoms with Gasteiger partial charge in [-0.15, -0.1) is 0 Å². The zero-order chi connectivity index (χ0) is 15.1. The Labute approximate surface area is 123 Å². The number of methoxy groups -OCH3 is 1. The lowest BCUT2D eigenvalue weighted by Crippen LogP contribution is -2.19. The van der Waals surface area contributed by atoms with Crippen LogP contribution in [0.1, 0.15) is 11.3 Å². The minimum absolute atomic E-state index is 0.284. The first-order chi connectivity index (χ1) is 10.2. The standard InChI is InChI=1S/C16H19FN2O2/c1-12-3-5-15(11-19-12)21-16-6-4-14(17)9-13(16)10-18-7-8-20-2/h3-6,9,11,18H,7-8,10H2,1-2H3. The molecule has 0 spiro atoms. The number of pyridine rings is 1. The van der Waals surface area contributed by atoms with Gasteiger partial charge in [-0.05, 0) is 37.3 Å². The molecule has 0 fully saturated rings. The van der Waals surface area contributed by atoms with Crippen LogP contribution in [0.25, 0.3) is 0 Å². The number of ether oxygens (including phenoxy) is 2. The highest BCUT2D eigenvalue weighted by atomic mass is 19.1. The van der Waals surface area contributed by atoms with Crippen LogP contribution in [0.4, 0.5) is 4.39 Å². The van der Waals surface area contributed by atoms with E-state index in [1.165, 1.54) is 12.1 Å². The molecule has 0 aliphatic carbocycles. The quantitative estimate of drug-likeness (QED) is 0.796. The van der Waals surface area contributed by atoms with E-state index < -0.39 is 0 Å². The van der Waals surface area contributed by atoms with Crippen molar-refractivity contribution in [3.8, 4) is 11.5 Å². The molecule has 4 nitrogen and oxygen atoms in total. The maximum Gasteiger partial charge on any atom is 0.145 e. The van der Waals surface area contributed by atoms with Crippen molar-refractivity contribution < 1.29 is 13.9 Å². The summed E-state index contributed by atoms with van der Waals surface area (Å²) in [6.45, 7) is 3.72. The lowest BCUT2D eigenvalue weighted by atomic mass is 10.2. The second-order valence-electron chi connectivity index (χ2n) is 4.66. The Hall–Kier alpha value is -1.98. The van der Waals surface area contributed by atoms with Crippen LogP contribution >= 0.6 is 0 Å². The van der Waals surface area contributed by atoms with Crippen LogP contribution in [0.5, 0.6) is 11.5 Å². The Balaban J connectivity index is 2.08.